The summed E-state index contributed by atoms with van der Waals surface area (Å²) in [5.41, 5.74) is 1.10. The Morgan fingerprint density at radius 3 is 2.47 bits per heavy atom. The first-order chi connectivity index (χ1) is 9.09. The summed E-state index contributed by atoms with van der Waals surface area (Å²) >= 11 is 0. The zero-order chi connectivity index (χ0) is 13.6. The molecular formula is C14H21N3O2. The smallest absolute Gasteiger partial charge is 0.335 e. The first-order valence-electron chi connectivity index (χ1n) is 7.24. The highest BCUT2D eigenvalue weighted by Crippen LogP contribution is 2.30. The lowest BCUT2D eigenvalue weighted by molar-refractivity contribution is 0.275. The fraction of sp³-hybridized carbons (Fsp3) is 0.714. The van der Waals surface area contributed by atoms with Crippen molar-refractivity contribution in [3.63, 3.8) is 0 Å². The molecule has 0 aromatic carbocycles. The van der Waals surface area contributed by atoms with Gasteiger partial charge in [0.25, 0.3) is 5.56 Å². The van der Waals surface area contributed by atoms with Crippen LogP contribution in [0.15, 0.2) is 9.59 Å². The van der Waals surface area contributed by atoms with Crippen molar-refractivity contribution < 1.29 is 0 Å². The van der Waals surface area contributed by atoms with Gasteiger partial charge in [0.15, 0.2) is 0 Å². The van der Waals surface area contributed by atoms with Gasteiger partial charge in [0.2, 0.25) is 0 Å². The van der Waals surface area contributed by atoms with Crippen LogP contribution < -0.4 is 17.1 Å². The maximum Gasteiger partial charge on any atom is 0.349 e. The second kappa shape index (κ2) is 4.54. The Bertz CT molecular complexity index is 606. The SMILES string of the molecule is CC1CCC(n2c(=O)c3c(n(N)c2=O)CCC3)CC1. The summed E-state index contributed by atoms with van der Waals surface area (Å²) in [5, 5.41) is 0. The minimum Gasteiger partial charge on any atom is -0.335 e. The summed E-state index contributed by atoms with van der Waals surface area (Å²) in [5.74, 6) is 6.58. The van der Waals surface area contributed by atoms with Gasteiger partial charge in [0.1, 0.15) is 0 Å². The van der Waals surface area contributed by atoms with E-state index in [1.54, 1.807) is 0 Å². The lowest BCUT2D eigenvalue weighted by Crippen LogP contribution is -2.47. The monoisotopic (exact) mass is 263 g/mol. The van der Waals surface area contributed by atoms with Gasteiger partial charge >= 0.3 is 5.69 Å². The Balaban J connectivity index is 2.10. The van der Waals surface area contributed by atoms with Crippen LogP contribution in [0.1, 0.15) is 56.3 Å². The Hall–Kier alpha value is -1.52. The van der Waals surface area contributed by atoms with E-state index >= 15 is 0 Å². The lowest BCUT2D eigenvalue weighted by atomic mass is 9.87. The predicted molar refractivity (Wildman–Crippen MR) is 73.8 cm³/mol. The van der Waals surface area contributed by atoms with Crippen LogP contribution in [0.4, 0.5) is 0 Å². The van der Waals surface area contributed by atoms with E-state index in [-0.39, 0.29) is 17.3 Å². The zero-order valence-electron chi connectivity index (χ0n) is 11.4. The molecule has 19 heavy (non-hydrogen) atoms. The first-order valence-corrected chi connectivity index (χ1v) is 7.24. The second-order valence-corrected chi connectivity index (χ2v) is 6.02. The van der Waals surface area contributed by atoms with E-state index < -0.39 is 0 Å². The van der Waals surface area contributed by atoms with Gasteiger partial charge in [-0.15, -0.1) is 0 Å². The number of nitrogens with two attached hydrogens (primary N) is 1. The molecule has 0 bridgehead atoms. The molecule has 0 atom stereocenters. The van der Waals surface area contributed by atoms with Gasteiger partial charge in [-0.25, -0.2) is 9.47 Å². The van der Waals surface area contributed by atoms with Crippen molar-refractivity contribution in [1.82, 2.24) is 9.24 Å². The summed E-state index contributed by atoms with van der Waals surface area (Å²) < 4.78 is 2.64. The van der Waals surface area contributed by atoms with Crippen LogP contribution in [-0.2, 0) is 12.8 Å². The number of aromatic nitrogens is 2. The van der Waals surface area contributed by atoms with Gasteiger partial charge in [0.05, 0.1) is 5.69 Å². The third-order valence-electron chi connectivity index (χ3n) is 4.72. The summed E-state index contributed by atoms with van der Waals surface area (Å²) in [4.78, 5) is 24.8. The van der Waals surface area contributed by atoms with Crippen molar-refractivity contribution in [2.75, 3.05) is 5.84 Å². The average molecular weight is 263 g/mol. The molecule has 3 rings (SSSR count). The van der Waals surface area contributed by atoms with Gasteiger partial charge in [-0.3, -0.25) is 9.36 Å². The number of fused-ring (bicyclic) bond motifs is 1. The molecule has 0 spiro atoms. The fourth-order valence-corrected chi connectivity index (χ4v) is 3.51. The van der Waals surface area contributed by atoms with Crippen LogP contribution in [0.5, 0.6) is 0 Å². The minimum atomic E-state index is -0.329. The Labute approximate surface area is 112 Å². The number of rotatable bonds is 1. The zero-order valence-corrected chi connectivity index (χ0v) is 11.4. The first kappa shape index (κ1) is 12.5. The third-order valence-corrected chi connectivity index (χ3v) is 4.72. The van der Waals surface area contributed by atoms with E-state index in [2.05, 4.69) is 6.92 Å². The van der Waals surface area contributed by atoms with Crippen molar-refractivity contribution in [1.29, 1.82) is 0 Å². The molecule has 2 N–H and O–H groups in total. The standard InChI is InChI=1S/C14H21N3O2/c1-9-5-7-10(8-6-9)16-13(18)11-3-2-4-12(11)17(15)14(16)19/h9-10H,2-8,15H2,1H3. The van der Waals surface area contributed by atoms with Crippen LogP contribution in [-0.4, -0.2) is 9.24 Å². The molecule has 0 radical (unpaired) electrons. The molecule has 1 fully saturated rings. The molecule has 0 aliphatic heterocycles. The summed E-state index contributed by atoms with van der Waals surface area (Å²) in [6, 6.07) is 0.0388. The van der Waals surface area contributed by atoms with Gasteiger partial charge in [-0.05, 0) is 50.9 Å². The van der Waals surface area contributed by atoms with E-state index in [1.807, 2.05) is 0 Å². The van der Waals surface area contributed by atoms with Gasteiger partial charge in [-0.2, -0.15) is 0 Å². The number of nitrogens with zero attached hydrogens (tertiary/aromatic N) is 2. The van der Waals surface area contributed by atoms with Crippen molar-refractivity contribution in [2.45, 2.75) is 57.9 Å². The highest BCUT2D eigenvalue weighted by molar-refractivity contribution is 5.23. The molecule has 1 aromatic rings. The largest absolute Gasteiger partial charge is 0.349 e. The molecule has 0 amide bonds. The molecule has 0 saturated heterocycles. The molecule has 2 aliphatic carbocycles. The molecule has 1 saturated carbocycles. The van der Waals surface area contributed by atoms with Crippen LogP contribution in [0.25, 0.3) is 0 Å². The van der Waals surface area contributed by atoms with Crippen molar-refractivity contribution in [2.24, 2.45) is 5.92 Å². The molecule has 1 aromatic heterocycles. The number of hydrogen-bond acceptors (Lipinski definition) is 3. The number of hydrogen-bond donors (Lipinski definition) is 1. The summed E-state index contributed by atoms with van der Waals surface area (Å²) in [6.07, 6.45) is 6.42. The van der Waals surface area contributed by atoms with Crippen LogP contribution in [0.3, 0.4) is 0 Å². The molecule has 5 heteroatoms. The second-order valence-electron chi connectivity index (χ2n) is 6.02. The van der Waals surface area contributed by atoms with E-state index in [9.17, 15) is 9.59 Å². The summed E-state index contributed by atoms with van der Waals surface area (Å²) in [6.45, 7) is 2.23. The quantitative estimate of drug-likeness (QED) is 0.767. The minimum absolute atomic E-state index is 0.0388. The van der Waals surface area contributed by atoms with Gasteiger partial charge < -0.3 is 5.84 Å². The van der Waals surface area contributed by atoms with Gasteiger partial charge in [-0.1, -0.05) is 6.92 Å². The molecule has 0 unspecified atom stereocenters. The fourth-order valence-electron chi connectivity index (χ4n) is 3.51. The average Bonchev–Trinajstić information content (AvgIpc) is 2.88. The Morgan fingerprint density at radius 2 is 1.79 bits per heavy atom. The predicted octanol–water partition coefficient (Wildman–Crippen LogP) is 0.964. The van der Waals surface area contributed by atoms with Crippen molar-refractivity contribution >= 4 is 0 Å². The maximum atomic E-state index is 12.5. The normalized spacial score (nSPS) is 26.4. The van der Waals surface area contributed by atoms with Crippen LogP contribution in [0.2, 0.25) is 0 Å². The Kier molecular flexibility index (Phi) is 2.99. The highest BCUT2D eigenvalue weighted by atomic mass is 16.2. The third kappa shape index (κ3) is 1.91. The van der Waals surface area contributed by atoms with Crippen LogP contribution in [0, 0.1) is 5.92 Å². The molecule has 1 heterocycles. The van der Waals surface area contributed by atoms with E-state index in [0.717, 1.165) is 56.2 Å². The van der Waals surface area contributed by atoms with Gasteiger partial charge in [0, 0.05) is 11.6 Å². The van der Waals surface area contributed by atoms with E-state index in [4.69, 9.17) is 5.84 Å². The highest BCUT2D eigenvalue weighted by Gasteiger charge is 2.27. The lowest BCUT2D eigenvalue weighted by Gasteiger charge is -2.27. The summed E-state index contributed by atoms with van der Waals surface area (Å²) in [7, 11) is 0. The molecule has 104 valence electrons. The Morgan fingerprint density at radius 1 is 1.11 bits per heavy atom. The molecular weight excluding hydrogens is 242 g/mol. The van der Waals surface area contributed by atoms with E-state index in [1.165, 1.54) is 9.24 Å². The topological polar surface area (TPSA) is 70.0 Å². The van der Waals surface area contributed by atoms with Crippen molar-refractivity contribution in [3.8, 4) is 0 Å². The van der Waals surface area contributed by atoms with Crippen molar-refractivity contribution in [3.05, 3.63) is 32.1 Å². The maximum absolute atomic E-state index is 12.5. The van der Waals surface area contributed by atoms with E-state index in [0.29, 0.717) is 5.92 Å². The molecule has 5 nitrogen and oxygen atoms in total. The molecule has 2 aliphatic rings. The number of nitrogen functional groups attached to an aromatic ring is 1. The van der Waals surface area contributed by atoms with Crippen LogP contribution >= 0.6 is 0 Å².